The van der Waals surface area contributed by atoms with Gasteiger partial charge in [0.25, 0.3) is 0 Å². The van der Waals surface area contributed by atoms with Crippen LogP contribution in [0.3, 0.4) is 0 Å². The number of hydrogen-bond acceptors (Lipinski definition) is 15. The van der Waals surface area contributed by atoms with Crippen LogP contribution in [0.5, 0.6) is 0 Å². The van der Waals surface area contributed by atoms with Crippen LogP contribution in [0.4, 0.5) is 0 Å². The third-order valence-electron chi connectivity index (χ3n) is 18.6. The zero-order valence-electron chi connectivity index (χ0n) is 65.8. The summed E-state index contributed by atoms with van der Waals surface area (Å²) < 4.78 is 68.8. The van der Waals surface area contributed by atoms with Crippen LogP contribution in [0, 0.1) is 0 Å². The van der Waals surface area contributed by atoms with Crippen molar-refractivity contribution in [1.82, 2.24) is 0 Å². The first kappa shape index (κ1) is 99.3. The molecule has 102 heavy (non-hydrogen) atoms. The zero-order chi connectivity index (χ0) is 74.6. The summed E-state index contributed by atoms with van der Waals surface area (Å²) in [5, 5.41) is 10.7. The second-order valence-corrected chi connectivity index (χ2v) is 31.7. The van der Waals surface area contributed by atoms with E-state index < -0.39 is 97.5 Å². The molecule has 3 N–H and O–H groups in total. The van der Waals surface area contributed by atoms with E-state index in [0.29, 0.717) is 25.7 Å². The van der Waals surface area contributed by atoms with Gasteiger partial charge in [-0.15, -0.1) is 0 Å². The lowest BCUT2D eigenvalue weighted by Gasteiger charge is -2.21. The van der Waals surface area contributed by atoms with Crippen LogP contribution in [-0.4, -0.2) is 96.7 Å². The third kappa shape index (κ3) is 75.5. The Kier molecular flexibility index (Phi) is 74.4. The highest BCUT2D eigenvalue weighted by molar-refractivity contribution is 7.47. The van der Waals surface area contributed by atoms with E-state index >= 15 is 0 Å². The van der Waals surface area contributed by atoms with Gasteiger partial charge in [0.15, 0.2) is 12.2 Å². The maximum absolute atomic E-state index is 13.1. The molecule has 0 fully saturated rings. The van der Waals surface area contributed by atoms with Crippen molar-refractivity contribution in [2.24, 2.45) is 0 Å². The van der Waals surface area contributed by atoms with Crippen LogP contribution in [0.15, 0.2) is 36.5 Å². The Morgan fingerprint density at radius 3 is 0.755 bits per heavy atom. The van der Waals surface area contributed by atoms with Crippen molar-refractivity contribution >= 4 is 39.5 Å². The summed E-state index contributed by atoms with van der Waals surface area (Å²) in [6.07, 6.45) is 73.9. The number of aliphatic hydroxyl groups is 1. The van der Waals surface area contributed by atoms with E-state index in [4.69, 9.17) is 37.0 Å². The Morgan fingerprint density at radius 2 is 0.480 bits per heavy atom. The van der Waals surface area contributed by atoms with Crippen LogP contribution in [0.25, 0.3) is 0 Å². The normalized spacial score (nSPS) is 14.0. The van der Waals surface area contributed by atoms with Crippen molar-refractivity contribution in [2.75, 3.05) is 39.6 Å². The van der Waals surface area contributed by atoms with Crippen molar-refractivity contribution in [3.05, 3.63) is 36.5 Å². The lowest BCUT2D eigenvalue weighted by atomic mass is 10.0. The fraction of sp³-hybridized carbons (Fsp3) is 0.880. The van der Waals surface area contributed by atoms with Crippen LogP contribution < -0.4 is 0 Å². The maximum Gasteiger partial charge on any atom is 0.472 e. The highest BCUT2D eigenvalue weighted by Crippen LogP contribution is 2.45. The molecule has 0 heterocycles. The number of ether oxygens (including phenoxy) is 4. The average molecular weight is 1490 g/mol. The molecule has 0 rings (SSSR count). The summed E-state index contributed by atoms with van der Waals surface area (Å²) in [6.45, 7) is 4.96. The Hall–Kier alpha value is -2.72. The predicted octanol–water partition coefficient (Wildman–Crippen LogP) is 24.7. The number of phosphoric acid groups is 2. The lowest BCUT2D eigenvalue weighted by molar-refractivity contribution is -0.161. The fourth-order valence-corrected chi connectivity index (χ4v) is 13.8. The average Bonchev–Trinajstić information content (AvgIpc) is 0.908. The molecule has 5 atom stereocenters. The summed E-state index contributed by atoms with van der Waals surface area (Å²) >= 11 is 0. The molecule has 0 aliphatic carbocycles. The first-order valence-corrected chi connectivity index (χ1v) is 45.2. The standard InChI is InChI=1S/C83H156O17P2/c1-5-9-13-17-21-25-29-33-36-37-38-39-42-45-48-52-56-60-64-68-81(86)94-73-78(99-82(87)69-65-61-57-53-49-43-32-28-24-20-16-12-8-4)75-97-101(89,90)95-71-77(84)72-96-102(91,92)98-76-79(100-83(88)70-66-62-58-54-50-46-41-35-31-27-23-19-15-11-7-3)74-93-80(85)67-63-59-55-51-47-44-40-34-30-26-22-18-14-10-6-2/h21,25,33,36,38-39,77-79,84H,5-20,22-24,26-32,34-35,37,40-76H2,1-4H3,(H,89,90)(H,91,92)/b25-21-,36-33-,39-38-. The van der Waals surface area contributed by atoms with Crippen LogP contribution in [0.1, 0.15) is 413 Å². The maximum atomic E-state index is 13.1. The molecule has 0 amide bonds. The molecule has 19 heteroatoms. The van der Waals surface area contributed by atoms with Crippen molar-refractivity contribution in [3.63, 3.8) is 0 Å². The number of carbonyl (C=O) groups is 4. The molecule has 0 aliphatic heterocycles. The number of phosphoric ester groups is 2. The minimum absolute atomic E-state index is 0.101. The first-order valence-electron chi connectivity index (χ1n) is 42.2. The molecule has 0 aromatic rings. The molecule has 600 valence electrons. The number of hydrogen-bond donors (Lipinski definition) is 3. The topological polar surface area (TPSA) is 237 Å². The second-order valence-electron chi connectivity index (χ2n) is 28.8. The number of esters is 4. The molecule has 0 saturated carbocycles. The zero-order valence-corrected chi connectivity index (χ0v) is 67.6. The van der Waals surface area contributed by atoms with Gasteiger partial charge in [0.05, 0.1) is 26.4 Å². The SMILES string of the molecule is CCCCC/C=C\C/C=C\C/C=C\CCCCCCCCC(=O)OCC(COP(=O)(O)OCC(O)COP(=O)(O)OCC(COC(=O)CCCCCCCCCCCCCCCCC)OC(=O)CCCCCCCCCCCCCCCCC)OC(=O)CCCCCCCCCCCCCCC. The summed E-state index contributed by atoms with van der Waals surface area (Å²) in [5.41, 5.74) is 0. The van der Waals surface area contributed by atoms with E-state index in [9.17, 15) is 43.2 Å². The molecule has 0 aromatic carbocycles. The first-order chi connectivity index (χ1) is 49.7. The Labute approximate surface area is 624 Å². The number of aliphatic hydroxyl groups excluding tert-OH is 1. The van der Waals surface area contributed by atoms with Gasteiger partial charge in [-0.3, -0.25) is 37.3 Å². The van der Waals surface area contributed by atoms with Gasteiger partial charge in [-0.2, -0.15) is 0 Å². The quantitative estimate of drug-likeness (QED) is 0.0169. The van der Waals surface area contributed by atoms with E-state index in [1.165, 1.54) is 205 Å². The molecule has 17 nitrogen and oxygen atoms in total. The van der Waals surface area contributed by atoms with Crippen molar-refractivity contribution in [1.29, 1.82) is 0 Å². The van der Waals surface area contributed by atoms with Gasteiger partial charge in [0, 0.05) is 25.7 Å². The van der Waals surface area contributed by atoms with E-state index in [-0.39, 0.29) is 25.7 Å². The minimum atomic E-state index is -4.97. The lowest BCUT2D eigenvalue weighted by Crippen LogP contribution is -2.30. The fourth-order valence-electron chi connectivity index (χ4n) is 12.2. The van der Waals surface area contributed by atoms with Gasteiger partial charge in [-0.25, -0.2) is 9.13 Å². The number of carbonyl (C=O) groups excluding carboxylic acids is 4. The Balaban J connectivity index is 5.29. The van der Waals surface area contributed by atoms with Crippen LogP contribution >= 0.6 is 15.6 Å². The largest absolute Gasteiger partial charge is 0.472 e. The summed E-state index contributed by atoms with van der Waals surface area (Å²) in [5.74, 6) is -2.13. The van der Waals surface area contributed by atoms with Gasteiger partial charge in [-0.1, -0.05) is 360 Å². The van der Waals surface area contributed by atoms with Crippen LogP contribution in [-0.2, 0) is 65.4 Å². The molecular formula is C83H156O17P2. The summed E-state index contributed by atoms with van der Waals surface area (Å²) in [6, 6.07) is 0. The Bertz CT molecular complexity index is 2070. The number of rotatable bonds is 81. The van der Waals surface area contributed by atoms with Crippen molar-refractivity contribution in [2.45, 2.75) is 431 Å². The number of allylic oxidation sites excluding steroid dienone is 6. The van der Waals surface area contributed by atoms with E-state index in [1.807, 2.05) is 0 Å². The van der Waals surface area contributed by atoms with Gasteiger partial charge < -0.3 is 33.8 Å². The van der Waals surface area contributed by atoms with E-state index in [1.54, 1.807) is 0 Å². The van der Waals surface area contributed by atoms with Gasteiger partial charge in [-0.05, 0) is 64.2 Å². The molecule has 5 unspecified atom stereocenters. The van der Waals surface area contributed by atoms with E-state index in [2.05, 4.69) is 64.2 Å². The van der Waals surface area contributed by atoms with Gasteiger partial charge >= 0.3 is 39.5 Å². The molecule has 0 aliphatic rings. The minimum Gasteiger partial charge on any atom is -0.462 e. The highest BCUT2D eigenvalue weighted by atomic mass is 31.2. The van der Waals surface area contributed by atoms with Gasteiger partial charge in [0.1, 0.15) is 19.3 Å². The summed E-state index contributed by atoms with van der Waals surface area (Å²) in [4.78, 5) is 73.1. The second kappa shape index (κ2) is 76.5. The smallest absolute Gasteiger partial charge is 0.462 e. The van der Waals surface area contributed by atoms with Gasteiger partial charge in [0.2, 0.25) is 0 Å². The molecule has 0 bridgehead atoms. The Morgan fingerprint density at radius 1 is 0.275 bits per heavy atom. The molecular weight excluding hydrogens is 1330 g/mol. The third-order valence-corrected chi connectivity index (χ3v) is 20.5. The molecule has 0 spiro atoms. The van der Waals surface area contributed by atoms with Crippen molar-refractivity contribution in [3.8, 4) is 0 Å². The summed E-state index contributed by atoms with van der Waals surface area (Å²) in [7, 11) is -9.93. The molecule has 0 aromatic heterocycles. The predicted molar refractivity (Wildman–Crippen MR) is 418 cm³/mol. The van der Waals surface area contributed by atoms with Crippen LogP contribution in [0.2, 0.25) is 0 Å². The number of unbranched alkanes of at least 4 members (excludes halogenated alkanes) is 49. The van der Waals surface area contributed by atoms with Crippen molar-refractivity contribution < 1.29 is 80.2 Å². The van der Waals surface area contributed by atoms with E-state index in [0.717, 1.165) is 128 Å². The monoisotopic (exact) mass is 1490 g/mol. The molecule has 0 radical (unpaired) electrons. The highest BCUT2D eigenvalue weighted by Gasteiger charge is 2.30. The molecule has 0 saturated heterocycles.